The van der Waals surface area contributed by atoms with E-state index in [1.807, 2.05) is 61.2 Å². The highest BCUT2D eigenvalue weighted by Gasteiger charge is 2.40. The van der Waals surface area contributed by atoms with Gasteiger partial charge in [-0.1, -0.05) is 56.3 Å². The van der Waals surface area contributed by atoms with Gasteiger partial charge in [0.15, 0.2) is 5.96 Å². The summed E-state index contributed by atoms with van der Waals surface area (Å²) in [6.45, 7) is 8.70. The van der Waals surface area contributed by atoms with E-state index in [0.29, 0.717) is 19.4 Å². The number of carbonyl (C=O) groups excluding carboxylic acids is 2. The minimum atomic E-state index is -0.479. The molecule has 2 amide bonds. The van der Waals surface area contributed by atoms with Crippen molar-refractivity contribution in [2.75, 3.05) is 11.4 Å². The molecular weight excluding hydrogens is 400 g/mol. The van der Waals surface area contributed by atoms with Gasteiger partial charge in [0.1, 0.15) is 0 Å². The fourth-order valence-corrected chi connectivity index (χ4v) is 4.63. The molecule has 2 N–H and O–H groups in total. The number of rotatable bonds is 5. The van der Waals surface area contributed by atoms with Crippen molar-refractivity contribution in [1.29, 1.82) is 0 Å². The number of amides is 2. The van der Waals surface area contributed by atoms with Crippen LogP contribution in [0, 0.1) is 5.92 Å². The second-order valence-electron chi connectivity index (χ2n) is 9.51. The zero-order chi connectivity index (χ0) is 23.0. The second kappa shape index (κ2) is 8.41. The number of guanidine groups is 1. The van der Waals surface area contributed by atoms with Gasteiger partial charge in [0.05, 0.1) is 18.0 Å². The van der Waals surface area contributed by atoms with Crippen molar-refractivity contribution in [3.8, 4) is 0 Å². The lowest BCUT2D eigenvalue weighted by molar-refractivity contribution is -0.131. The third-order valence-corrected chi connectivity index (χ3v) is 7.09. The molecule has 0 aromatic heterocycles. The number of hydrogen-bond acceptors (Lipinski definition) is 4. The lowest BCUT2D eigenvalue weighted by Crippen LogP contribution is -2.52. The van der Waals surface area contributed by atoms with Gasteiger partial charge in [-0.15, -0.1) is 0 Å². The van der Waals surface area contributed by atoms with Crippen LogP contribution in [-0.4, -0.2) is 34.8 Å². The quantitative estimate of drug-likeness (QED) is 0.768. The van der Waals surface area contributed by atoms with Gasteiger partial charge in [0.25, 0.3) is 0 Å². The van der Waals surface area contributed by atoms with Crippen LogP contribution in [0.1, 0.15) is 63.6 Å². The first-order valence-corrected chi connectivity index (χ1v) is 11.3. The van der Waals surface area contributed by atoms with Crippen molar-refractivity contribution < 1.29 is 9.59 Å². The maximum Gasteiger partial charge on any atom is 0.232 e. The molecule has 0 bridgehead atoms. The van der Waals surface area contributed by atoms with Crippen molar-refractivity contribution in [1.82, 2.24) is 4.90 Å². The molecular formula is C26H32N4O2. The first kappa shape index (κ1) is 22.1. The van der Waals surface area contributed by atoms with Crippen molar-refractivity contribution in [3.63, 3.8) is 0 Å². The van der Waals surface area contributed by atoms with Gasteiger partial charge in [-0.05, 0) is 43.0 Å². The maximum absolute atomic E-state index is 13.0. The average molecular weight is 433 g/mol. The Morgan fingerprint density at radius 1 is 1.03 bits per heavy atom. The summed E-state index contributed by atoms with van der Waals surface area (Å²) in [5, 5.41) is 0. The minimum Gasteiger partial charge on any atom is -0.369 e. The van der Waals surface area contributed by atoms with Gasteiger partial charge in [-0.25, -0.2) is 4.99 Å². The van der Waals surface area contributed by atoms with E-state index < -0.39 is 5.54 Å². The molecule has 168 valence electrons. The normalized spacial score (nSPS) is 24.8. The summed E-state index contributed by atoms with van der Waals surface area (Å²) in [7, 11) is 0. The molecule has 6 nitrogen and oxygen atoms in total. The van der Waals surface area contributed by atoms with Crippen LogP contribution in [0.2, 0.25) is 0 Å². The highest BCUT2D eigenvalue weighted by molar-refractivity contribution is 6.00. The Morgan fingerprint density at radius 3 is 2.41 bits per heavy atom. The van der Waals surface area contributed by atoms with Gasteiger partial charge >= 0.3 is 0 Å². The number of nitrogens with zero attached hydrogens (tertiary/aromatic N) is 3. The van der Waals surface area contributed by atoms with E-state index in [4.69, 9.17) is 5.73 Å². The minimum absolute atomic E-state index is 0.0204. The molecule has 2 aromatic carbocycles. The van der Waals surface area contributed by atoms with E-state index >= 15 is 0 Å². The van der Waals surface area contributed by atoms with Crippen molar-refractivity contribution >= 4 is 23.5 Å². The van der Waals surface area contributed by atoms with E-state index in [-0.39, 0.29) is 35.7 Å². The fourth-order valence-electron chi connectivity index (χ4n) is 4.63. The number of benzene rings is 2. The molecule has 1 fully saturated rings. The Balaban J connectivity index is 1.57. The molecule has 0 radical (unpaired) electrons. The Bertz CT molecular complexity index is 1050. The van der Waals surface area contributed by atoms with Crippen LogP contribution >= 0.6 is 0 Å². The predicted octanol–water partition coefficient (Wildman–Crippen LogP) is 4.23. The molecule has 6 heteroatoms. The molecule has 0 spiro atoms. The second-order valence-corrected chi connectivity index (χ2v) is 9.51. The Hall–Kier alpha value is -3.15. The smallest absolute Gasteiger partial charge is 0.232 e. The summed E-state index contributed by atoms with van der Waals surface area (Å²) in [6, 6.07) is 17.7. The van der Waals surface area contributed by atoms with E-state index in [1.54, 1.807) is 4.90 Å². The van der Waals surface area contributed by atoms with E-state index in [0.717, 1.165) is 11.3 Å². The number of nitrogens with two attached hydrogens (primary N) is 1. The number of carbonyl (C=O) groups is 2. The van der Waals surface area contributed by atoms with Gasteiger partial charge in [-0.2, -0.15) is 0 Å². The van der Waals surface area contributed by atoms with Crippen molar-refractivity contribution in [2.45, 2.75) is 58.0 Å². The molecule has 2 aromatic rings. The monoisotopic (exact) mass is 432 g/mol. The highest BCUT2D eigenvalue weighted by Crippen LogP contribution is 2.36. The molecule has 2 aliphatic rings. The van der Waals surface area contributed by atoms with Crippen molar-refractivity contribution in [3.05, 3.63) is 65.7 Å². The van der Waals surface area contributed by atoms with Crippen LogP contribution in [0.5, 0.6) is 0 Å². The zero-order valence-electron chi connectivity index (χ0n) is 19.3. The van der Waals surface area contributed by atoms with Gasteiger partial charge in [0, 0.05) is 24.6 Å². The molecule has 2 heterocycles. The summed E-state index contributed by atoms with van der Waals surface area (Å²) < 4.78 is 0. The zero-order valence-corrected chi connectivity index (χ0v) is 19.3. The topological polar surface area (TPSA) is 79.0 Å². The van der Waals surface area contributed by atoms with Crippen molar-refractivity contribution in [2.24, 2.45) is 16.6 Å². The lowest BCUT2D eigenvalue weighted by atomic mass is 9.84. The largest absolute Gasteiger partial charge is 0.369 e. The van der Waals surface area contributed by atoms with E-state index in [9.17, 15) is 9.59 Å². The first-order valence-electron chi connectivity index (χ1n) is 11.3. The van der Waals surface area contributed by atoms with Crippen LogP contribution < -0.4 is 10.6 Å². The Kier molecular flexibility index (Phi) is 5.80. The number of hydrogen-bond donors (Lipinski definition) is 1. The molecule has 0 aliphatic carbocycles. The summed E-state index contributed by atoms with van der Waals surface area (Å²) in [4.78, 5) is 34.0. The number of aliphatic imine (C=N–C) groups is 1. The molecule has 2 unspecified atom stereocenters. The van der Waals surface area contributed by atoms with E-state index in [2.05, 4.69) is 31.0 Å². The summed E-state index contributed by atoms with van der Waals surface area (Å²) >= 11 is 0. The van der Waals surface area contributed by atoms with Gasteiger partial charge < -0.3 is 10.6 Å². The Morgan fingerprint density at radius 2 is 1.75 bits per heavy atom. The number of anilines is 1. The average Bonchev–Trinajstić information content (AvgIpc) is 3.15. The van der Waals surface area contributed by atoms with Gasteiger partial charge in [-0.3, -0.25) is 14.5 Å². The molecule has 4 rings (SSSR count). The fraction of sp³-hybridized carbons (Fsp3) is 0.423. The molecule has 0 saturated carbocycles. The third-order valence-electron chi connectivity index (χ3n) is 7.09. The first-order chi connectivity index (χ1) is 15.2. The lowest BCUT2D eigenvalue weighted by Gasteiger charge is -2.40. The SMILES string of the molecule is CC(c1cccc(N2CC(c3ccccc3)CC2=O)c1)N1C(=O)C[C@@](C)(C(C)C)N=C1N. The molecule has 32 heavy (non-hydrogen) atoms. The molecule has 2 aliphatic heterocycles. The summed E-state index contributed by atoms with van der Waals surface area (Å²) in [6.07, 6.45) is 0.834. The van der Waals surface area contributed by atoms with Gasteiger partial charge in [0.2, 0.25) is 11.8 Å². The highest BCUT2D eigenvalue weighted by atomic mass is 16.2. The summed E-state index contributed by atoms with van der Waals surface area (Å²) in [5.74, 6) is 0.755. The predicted molar refractivity (Wildman–Crippen MR) is 127 cm³/mol. The molecule has 1 saturated heterocycles. The third kappa shape index (κ3) is 4.01. The Labute approximate surface area is 190 Å². The summed E-state index contributed by atoms with van der Waals surface area (Å²) in [5.41, 5.74) is 8.76. The van der Waals surface area contributed by atoms with Crippen LogP contribution in [0.25, 0.3) is 0 Å². The molecule has 3 atom stereocenters. The standard InChI is InChI=1S/C26H32N4O2/c1-17(2)26(4)15-24(32)30(25(27)28-26)18(3)20-11-8-12-22(13-20)29-16-21(14-23(29)31)19-9-6-5-7-10-19/h5-13,17-18,21H,14-16H2,1-4H3,(H2,27,28)/t18?,21?,26-/m0/s1. The van der Waals surface area contributed by atoms with Crippen LogP contribution in [0.3, 0.4) is 0 Å². The van der Waals surface area contributed by atoms with Crippen LogP contribution in [0.15, 0.2) is 59.6 Å². The van der Waals surface area contributed by atoms with E-state index in [1.165, 1.54) is 5.56 Å². The van der Waals surface area contributed by atoms with Crippen LogP contribution in [0.4, 0.5) is 5.69 Å². The maximum atomic E-state index is 13.0. The van der Waals surface area contributed by atoms with Crippen LogP contribution in [-0.2, 0) is 9.59 Å².